The van der Waals surface area contributed by atoms with Gasteiger partial charge < -0.3 is 9.84 Å². The lowest BCUT2D eigenvalue weighted by Crippen LogP contribution is -2.13. The summed E-state index contributed by atoms with van der Waals surface area (Å²) >= 11 is 0. The van der Waals surface area contributed by atoms with E-state index in [0.717, 1.165) is 11.1 Å². The van der Waals surface area contributed by atoms with Crippen molar-refractivity contribution in [1.29, 1.82) is 0 Å². The highest BCUT2D eigenvalue weighted by Crippen LogP contribution is 2.35. The minimum Gasteiger partial charge on any atom is -0.476 e. The van der Waals surface area contributed by atoms with Gasteiger partial charge in [-0.2, -0.15) is 0 Å². The van der Waals surface area contributed by atoms with Crippen LogP contribution < -0.4 is 4.74 Å². The summed E-state index contributed by atoms with van der Waals surface area (Å²) < 4.78 is 5.84. The molecule has 2 aromatic rings. The lowest BCUT2D eigenvalue weighted by Gasteiger charge is -2.23. The van der Waals surface area contributed by atoms with Gasteiger partial charge in [0.1, 0.15) is 5.75 Å². The fraction of sp³-hybridized carbons (Fsp3) is 0.294. The number of hydrogen-bond donors (Lipinski definition) is 1. The Kier molecular flexibility index (Phi) is 3.98. The highest BCUT2D eigenvalue weighted by molar-refractivity contribution is 5.88. The number of rotatable bonds is 3. The Bertz CT molecular complexity index is 672. The smallest absolute Gasteiger partial charge is 0.358 e. The summed E-state index contributed by atoms with van der Waals surface area (Å²) in [6, 6.07) is 9.15. The molecule has 1 N–H and O–H groups in total. The second-order valence-corrected chi connectivity index (χ2v) is 6.01. The van der Waals surface area contributed by atoms with Crippen molar-refractivity contribution in [1.82, 2.24) is 4.98 Å². The number of ether oxygens (including phenoxy) is 1. The Hall–Kier alpha value is -2.36. The fourth-order valence-corrected chi connectivity index (χ4v) is 2.07. The SMILES string of the molecule is Cc1ccc(Oc2cccnc2C(=O)O)c(C(C)(C)C)c1. The number of aromatic carboxylic acids is 1. The van der Waals surface area contributed by atoms with Crippen LogP contribution in [-0.2, 0) is 5.41 Å². The normalized spacial score (nSPS) is 11.2. The molecule has 2 rings (SSSR count). The summed E-state index contributed by atoms with van der Waals surface area (Å²) in [6.45, 7) is 8.30. The van der Waals surface area contributed by atoms with Gasteiger partial charge in [0.25, 0.3) is 0 Å². The summed E-state index contributed by atoms with van der Waals surface area (Å²) in [5.74, 6) is -0.196. The van der Waals surface area contributed by atoms with Gasteiger partial charge in [-0.25, -0.2) is 9.78 Å². The molecule has 0 radical (unpaired) electrons. The van der Waals surface area contributed by atoms with Crippen LogP contribution in [-0.4, -0.2) is 16.1 Å². The number of carboxylic acids is 1. The molecule has 0 aliphatic rings. The predicted molar refractivity (Wildman–Crippen MR) is 81.1 cm³/mol. The molecular formula is C17H19NO3. The van der Waals surface area contributed by atoms with E-state index < -0.39 is 5.97 Å². The molecule has 4 heteroatoms. The maximum atomic E-state index is 11.2. The van der Waals surface area contributed by atoms with Gasteiger partial charge in [0, 0.05) is 11.8 Å². The fourth-order valence-electron chi connectivity index (χ4n) is 2.07. The Morgan fingerprint density at radius 2 is 1.90 bits per heavy atom. The van der Waals surface area contributed by atoms with Crippen LogP contribution in [0, 0.1) is 6.92 Å². The average Bonchev–Trinajstić information content (AvgIpc) is 2.40. The van der Waals surface area contributed by atoms with Crippen LogP contribution in [0.3, 0.4) is 0 Å². The molecule has 1 heterocycles. The van der Waals surface area contributed by atoms with Crippen molar-refractivity contribution in [2.24, 2.45) is 0 Å². The first-order valence-electron chi connectivity index (χ1n) is 6.76. The number of aromatic nitrogens is 1. The largest absolute Gasteiger partial charge is 0.476 e. The monoisotopic (exact) mass is 285 g/mol. The van der Waals surface area contributed by atoms with Crippen molar-refractivity contribution >= 4 is 5.97 Å². The molecule has 0 aliphatic carbocycles. The Morgan fingerprint density at radius 3 is 2.52 bits per heavy atom. The molecule has 0 atom stereocenters. The molecule has 0 saturated heterocycles. The van der Waals surface area contributed by atoms with Gasteiger partial charge in [-0.3, -0.25) is 0 Å². The van der Waals surface area contributed by atoms with E-state index in [2.05, 4.69) is 31.8 Å². The topological polar surface area (TPSA) is 59.4 Å². The molecule has 21 heavy (non-hydrogen) atoms. The Morgan fingerprint density at radius 1 is 1.19 bits per heavy atom. The highest BCUT2D eigenvalue weighted by Gasteiger charge is 2.21. The third kappa shape index (κ3) is 3.40. The van der Waals surface area contributed by atoms with Gasteiger partial charge in [0.15, 0.2) is 11.4 Å². The minimum absolute atomic E-state index is 0.0852. The Labute approximate surface area is 124 Å². The van der Waals surface area contributed by atoms with Crippen molar-refractivity contribution in [2.45, 2.75) is 33.1 Å². The zero-order valence-corrected chi connectivity index (χ0v) is 12.7. The average molecular weight is 285 g/mol. The van der Waals surface area contributed by atoms with E-state index in [1.165, 1.54) is 6.20 Å². The van der Waals surface area contributed by atoms with E-state index in [1.807, 2.05) is 19.1 Å². The molecule has 0 amide bonds. The van der Waals surface area contributed by atoms with Crippen molar-refractivity contribution < 1.29 is 14.6 Å². The first kappa shape index (κ1) is 15.0. The molecule has 110 valence electrons. The van der Waals surface area contributed by atoms with E-state index >= 15 is 0 Å². The number of pyridine rings is 1. The Balaban J connectivity index is 2.48. The lowest BCUT2D eigenvalue weighted by atomic mass is 9.85. The second-order valence-electron chi connectivity index (χ2n) is 6.01. The molecule has 0 fully saturated rings. The summed E-state index contributed by atoms with van der Waals surface area (Å²) in [5.41, 5.74) is 1.98. The van der Waals surface area contributed by atoms with Crippen LogP contribution in [0.4, 0.5) is 0 Å². The molecule has 0 unspecified atom stereocenters. The first-order chi connectivity index (χ1) is 9.79. The molecule has 0 bridgehead atoms. The van der Waals surface area contributed by atoms with Crippen LogP contribution in [0.1, 0.15) is 42.4 Å². The van der Waals surface area contributed by atoms with Crippen LogP contribution in [0.2, 0.25) is 0 Å². The summed E-state index contributed by atoms with van der Waals surface area (Å²) in [4.78, 5) is 15.1. The summed E-state index contributed by atoms with van der Waals surface area (Å²) in [6.07, 6.45) is 1.44. The summed E-state index contributed by atoms with van der Waals surface area (Å²) in [7, 11) is 0. The quantitative estimate of drug-likeness (QED) is 0.919. The minimum atomic E-state index is -1.10. The number of hydrogen-bond acceptors (Lipinski definition) is 3. The van der Waals surface area contributed by atoms with E-state index in [1.54, 1.807) is 12.1 Å². The number of carboxylic acid groups (broad SMARTS) is 1. The molecule has 1 aromatic heterocycles. The van der Waals surface area contributed by atoms with Crippen LogP contribution >= 0.6 is 0 Å². The zero-order chi connectivity index (χ0) is 15.6. The summed E-state index contributed by atoms with van der Waals surface area (Å²) in [5, 5.41) is 9.17. The number of carbonyl (C=O) groups is 1. The third-order valence-corrected chi connectivity index (χ3v) is 3.14. The first-order valence-corrected chi connectivity index (χ1v) is 6.76. The van der Waals surface area contributed by atoms with Gasteiger partial charge in [0.2, 0.25) is 0 Å². The van der Waals surface area contributed by atoms with Crippen LogP contribution in [0.25, 0.3) is 0 Å². The zero-order valence-electron chi connectivity index (χ0n) is 12.7. The van der Waals surface area contributed by atoms with Gasteiger partial charge in [-0.05, 0) is 30.5 Å². The van der Waals surface area contributed by atoms with E-state index in [9.17, 15) is 9.90 Å². The number of benzene rings is 1. The van der Waals surface area contributed by atoms with Gasteiger partial charge in [-0.15, -0.1) is 0 Å². The van der Waals surface area contributed by atoms with Crippen LogP contribution in [0.15, 0.2) is 36.5 Å². The standard InChI is InChI=1S/C17H19NO3/c1-11-7-8-13(12(10-11)17(2,3)4)21-14-6-5-9-18-15(14)16(19)20/h5-10H,1-4H3,(H,19,20). The van der Waals surface area contributed by atoms with Crippen LogP contribution in [0.5, 0.6) is 11.5 Å². The molecule has 1 aromatic carbocycles. The van der Waals surface area contributed by atoms with Crippen molar-refractivity contribution in [2.75, 3.05) is 0 Å². The lowest BCUT2D eigenvalue weighted by molar-refractivity contribution is 0.0687. The second kappa shape index (κ2) is 5.56. The maximum Gasteiger partial charge on any atom is 0.358 e. The van der Waals surface area contributed by atoms with Crippen molar-refractivity contribution in [3.05, 3.63) is 53.3 Å². The highest BCUT2D eigenvalue weighted by atomic mass is 16.5. The van der Waals surface area contributed by atoms with Gasteiger partial charge >= 0.3 is 5.97 Å². The molecule has 4 nitrogen and oxygen atoms in total. The molecule has 0 aliphatic heterocycles. The third-order valence-electron chi connectivity index (χ3n) is 3.14. The number of aryl methyl sites for hydroxylation is 1. The van der Waals surface area contributed by atoms with Crippen molar-refractivity contribution in [3.63, 3.8) is 0 Å². The molecular weight excluding hydrogens is 266 g/mol. The maximum absolute atomic E-state index is 11.2. The molecule has 0 spiro atoms. The van der Waals surface area contributed by atoms with E-state index in [4.69, 9.17) is 4.74 Å². The van der Waals surface area contributed by atoms with Gasteiger partial charge in [-0.1, -0.05) is 38.5 Å². The van der Waals surface area contributed by atoms with E-state index in [-0.39, 0.29) is 16.9 Å². The number of nitrogens with zero attached hydrogens (tertiary/aromatic N) is 1. The van der Waals surface area contributed by atoms with E-state index in [0.29, 0.717) is 5.75 Å². The van der Waals surface area contributed by atoms with Crippen molar-refractivity contribution in [3.8, 4) is 11.5 Å². The predicted octanol–water partition coefficient (Wildman–Crippen LogP) is 4.18. The van der Waals surface area contributed by atoms with Gasteiger partial charge in [0.05, 0.1) is 0 Å². The molecule has 0 saturated carbocycles.